The number of nitrogens with zero attached hydrogens (tertiary/aromatic N) is 1. The van der Waals surface area contributed by atoms with E-state index in [1.807, 2.05) is 36.0 Å². The molecule has 2 heterocycles. The van der Waals surface area contributed by atoms with Crippen LogP contribution in [0, 0.1) is 12.8 Å². The fraction of sp³-hybridized carbons (Fsp3) is 0.375. The van der Waals surface area contributed by atoms with Crippen LogP contribution in [0.3, 0.4) is 0 Å². The molecular formula is C16H17NO3S. The molecule has 1 N–H and O–H groups in total. The molecule has 1 aromatic rings. The molecule has 1 spiro atoms. The maximum atomic E-state index is 12.7. The van der Waals surface area contributed by atoms with Gasteiger partial charge in [-0.2, -0.15) is 11.8 Å². The molecule has 1 aromatic carbocycles. The van der Waals surface area contributed by atoms with Crippen molar-refractivity contribution in [2.45, 2.75) is 18.3 Å². The first kappa shape index (κ1) is 15.5. The number of carbonyl (C=O) groups is 2. The summed E-state index contributed by atoms with van der Waals surface area (Å²) in [5.41, 5.74) is 1.32. The van der Waals surface area contributed by atoms with Gasteiger partial charge in [0, 0.05) is 5.69 Å². The number of benzene rings is 1. The Labute approximate surface area is 128 Å². The van der Waals surface area contributed by atoms with Gasteiger partial charge < -0.3 is 10.0 Å². The van der Waals surface area contributed by atoms with Crippen LogP contribution < -0.4 is 4.90 Å². The normalized spacial score (nSPS) is 18.8. The van der Waals surface area contributed by atoms with Crippen molar-refractivity contribution in [2.75, 3.05) is 23.0 Å². The van der Waals surface area contributed by atoms with E-state index < -0.39 is 11.4 Å². The number of amides is 1. The van der Waals surface area contributed by atoms with E-state index >= 15 is 0 Å². The number of carbonyl (C=O) groups excluding carboxylic acids is 1. The van der Waals surface area contributed by atoms with E-state index in [9.17, 15) is 9.59 Å². The number of rotatable bonds is 2. The van der Waals surface area contributed by atoms with E-state index in [1.54, 1.807) is 0 Å². The van der Waals surface area contributed by atoms with Crippen molar-refractivity contribution in [3.8, 4) is 12.8 Å². The Kier molecular flexibility index (Phi) is 4.59. The number of hydrogen-bond acceptors (Lipinski definition) is 3. The van der Waals surface area contributed by atoms with Crippen molar-refractivity contribution < 1.29 is 14.7 Å². The van der Waals surface area contributed by atoms with Gasteiger partial charge in [0.05, 0.1) is 5.41 Å². The highest BCUT2D eigenvalue weighted by Crippen LogP contribution is 2.48. The zero-order valence-electron chi connectivity index (χ0n) is 11.6. The molecule has 2 aliphatic heterocycles. The molecule has 0 radical (unpaired) electrons. The van der Waals surface area contributed by atoms with Crippen molar-refractivity contribution in [2.24, 2.45) is 0 Å². The van der Waals surface area contributed by atoms with E-state index in [1.165, 1.54) is 4.90 Å². The van der Waals surface area contributed by atoms with Crippen molar-refractivity contribution in [1.82, 2.24) is 0 Å². The number of terminal acetylenes is 1. The molecule has 1 amide bonds. The van der Waals surface area contributed by atoms with Gasteiger partial charge in [0.25, 0.3) is 0 Å². The third kappa shape index (κ3) is 2.52. The number of carboxylic acids is 1. The second-order valence-corrected chi connectivity index (χ2v) is 6.22. The summed E-state index contributed by atoms with van der Waals surface area (Å²) in [6.45, 7) is -0.245. The van der Waals surface area contributed by atoms with Gasteiger partial charge in [-0.1, -0.05) is 18.2 Å². The summed E-state index contributed by atoms with van der Waals surface area (Å²) in [7, 11) is 0. The summed E-state index contributed by atoms with van der Waals surface area (Å²) in [6.07, 6.45) is 9.62. The predicted molar refractivity (Wildman–Crippen MR) is 84.6 cm³/mol. The molecule has 0 atom stereocenters. The second-order valence-electron chi connectivity index (χ2n) is 5.00. The lowest BCUT2D eigenvalue weighted by molar-refractivity contribution is -0.137. The first-order chi connectivity index (χ1) is 10.1. The van der Waals surface area contributed by atoms with Gasteiger partial charge >= 0.3 is 5.97 Å². The summed E-state index contributed by atoms with van der Waals surface area (Å²) < 4.78 is 0. The summed E-state index contributed by atoms with van der Waals surface area (Å²) in [6, 6.07) is 7.62. The Morgan fingerprint density at radius 2 is 1.90 bits per heavy atom. The molecule has 0 unspecified atom stereocenters. The van der Waals surface area contributed by atoms with Gasteiger partial charge in [-0.05, 0) is 36.0 Å². The van der Waals surface area contributed by atoms with Gasteiger partial charge in [0.1, 0.15) is 6.54 Å². The van der Waals surface area contributed by atoms with Gasteiger partial charge in [0.2, 0.25) is 5.91 Å². The van der Waals surface area contributed by atoms with Crippen LogP contribution in [0.15, 0.2) is 24.3 Å². The Morgan fingerprint density at radius 1 is 1.29 bits per heavy atom. The maximum Gasteiger partial charge on any atom is 0.323 e. The average molecular weight is 303 g/mol. The van der Waals surface area contributed by atoms with Gasteiger partial charge in [-0.15, -0.1) is 12.8 Å². The summed E-state index contributed by atoms with van der Waals surface area (Å²) in [5, 5.41) is 9.01. The van der Waals surface area contributed by atoms with Gasteiger partial charge in [-0.3, -0.25) is 9.59 Å². The fourth-order valence-electron chi connectivity index (χ4n) is 3.09. The lowest BCUT2D eigenvalue weighted by Crippen LogP contribution is -2.44. The van der Waals surface area contributed by atoms with E-state index in [0.29, 0.717) is 0 Å². The largest absolute Gasteiger partial charge is 0.480 e. The Morgan fingerprint density at radius 3 is 2.52 bits per heavy atom. The molecule has 5 heteroatoms. The van der Waals surface area contributed by atoms with Gasteiger partial charge in [-0.25, -0.2) is 0 Å². The molecule has 0 aliphatic carbocycles. The Hall–Kier alpha value is -1.93. The van der Waals surface area contributed by atoms with Crippen LogP contribution in [0.1, 0.15) is 18.4 Å². The minimum absolute atomic E-state index is 0.0311. The lowest BCUT2D eigenvalue weighted by atomic mass is 9.76. The Balaban J connectivity index is 0.000000774. The van der Waals surface area contributed by atoms with Crippen LogP contribution in [-0.4, -0.2) is 35.0 Å². The van der Waals surface area contributed by atoms with Crippen molar-refractivity contribution in [3.05, 3.63) is 29.8 Å². The predicted octanol–water partition coefficient (Wildman–Crippen LogP) is 2.13. The highest BCUT2D eigenvalue weighted by molar-refractivity contribution is 7.99. The molecule has 0 bridgehead atoms. The lowest BCUT2D eigenvalue weighted by Gasteiger charge is -2.32. The Bertz CT molecular complexity index is 576. The number of aliphatic carboxylic acids is 1. The van der Waals surface area contributed by atoms with E-state index in [0.717, 1.165) is 35.6 Å². The number of thioether (sulfide) groups is 1. The highest BCUT2D eigenvalue weighted by atomic mass is 32.2. The third-order valence-electron chi connectivity index (χ3n) is 4.00. The average Bonchev–Trinajstić information content (AvgIpc) is 2.73. The monoisotopic (exact) mass is 303 g/mol. The molecule has 110 valence electrons. The molecule has 1 fully saturated rings. The first-order valence-electron chi connectivity index (χ1n) is 6.69. The third-order valence-corrected chi connectivity index (χ3v) is 4.99. The van der Waals surface area contributed by atoms with Crippen LogP contribution in [0.2, 0.25) is 0 Å². The van der Waals surface area contributed by atoms with Crippen molar-refractivity contribution in [1.29, 1.82) is 0 Å². The summed E-state index contributed by atoms with van der Waals surface area (Å²) in [4.78, 5) is 25.2. The molecule has 3 rings (SSSR count). The summed E-state index contributed by atoms with van der Waals surface area (Å²) >= 11 is 1.86. The van der Waals surface area contributed by atoms with Crippen LogP contribution >= 0.6 is 11.8 Å². The molecule has 0 saturated carbocycles. The van der Waals surface area contributed by atoms with Gasteiger partial charge in [0.15, 0.2) is 0 Å². The van der Waals surface area contributed by atoms with Crippen LogP contribution in [-0.2, 0) is 15.0 Å². The van der Waals surface area contributed by atoms with E-state index in [4.69, 9.17) is 5.11 Å². The fourth-order valence-corrected chi connectivity index (χ4v) is 4.28. The molecule has 21 heavy (non-hydrogen) atoms. The molecule has 4 nitrogen and oxygen atoms in total. The number of para-hydroxylation sites is 1. The van der Waals surface area contributed by atoms with Crippen LogP contribution in [0.4, 0.5) is 5.69 Å². The zero-order valence-corrected chi connectivity index (χ0v) is 12.4. The molecule has 1 saturated heterocycles. The maximum absolute atomic E-state index is 12.7. The van der Waals surface area contributed by atoms with Crippen LogP contribution in [0.25, 0.3) is 0 Å². The number of fused-ring (bicyclic) bond motifs is 2. The number of anilines is 1. The zero-order chi connectivity index (χ0) is 15.5. The van der Waals surface area contributed by atoms with Crippen molar-refractivity contribution in [3.63, 3.8) is 0 Å². The minimum Gasteiger partial charge on any atom is -0.480 e. The highest BCUT2D eigenvalue weighted by Gasteiger charge is 2.51. The molecular weight excluding hydrogens is 286 g/mol. The smallest absolute Gasteiger partial charge is 0.323 e. The first-order valence-corrected chi connectivity index (χ1v) is 7.85. The topological polar surface area (TPSA) is 57.6 Å². The molecule has 0 aromatic heterocycles. The minimum atomic E-state index is -0.967. The SMILES string of the molecule is C#C.O=C(O)CN1C(=O)C2(CCSCC2)c2ccccc21. The quantitative estimate of drug-likeness (QED) is 0.850. The van der Waals surface area contributed by atoms with Crippen molar-refractivity contribution >= 4 is 29.3 Å². The number of carboxylic acid groups (broad SMARTS) is 1. The molecule has 2 aliphatic rings. The second kappa shape index (κ2) is 6.23. The van der Waals surface area contributed by atoms with E-state index in [-0.39, 0.29) is 12.5 Å². The standard InChI is InChI=1S/C14H15NO3S.C2H2/c16-12(17)9-15-11-4-2-1-3-10(11)14(13(15)18)5-7-19-8-6-14;1-2/h1-4H,5-9H2,(H,16,17);1-2H. The van der Waals surface area contributed by atoms with Crippen LogP contribution in [0.5, 0.6) is 0 Å². The summed E-state index contributed by atoms with van der Waals surface area (Å²) in [5.74, 6) is 0.920. The number of hydrogen-bond donors (Lipinski definition) is 1. The van der Waals surface area contributed by atoms with E-state index in [2.05, 4.69) is 12.8 Å².